The molecule has 84 valence electrons. The summed E-state index contributed by atoms with van der Waals surface area (Å²) in [5, 5.41) is 3.46. The van der Waals surface area contributed by atoms with E-state index < -0.39 is 0 Å². The average molecular weight is 199 g/mol. The fourth-order valence-electron chi connectivity index (χ4n) is 1.52. The van der Waals surface area contributed by atoms with E-state index in [1.165, 1.54) is 19.3 Å². The Balaban J connectivity index is 1.89. The summed E-state index contributed by atoms with van der Waals surface area (Å²) >= 11 is 0. The van der Waals surface area contributed by atoms with Gasteiger partial charge in [0, 0.05) is 0 Å². The zero-order valence-corrected chi connectivity index (χ0v) is 9.88. The number of hydrogen-bond acceptors (Lipinski definition) is 2. The van der Waals surface area contributed by atoms with Gasteiger partial charge in [0.1, 0.15) is 0 Å². The van der Waals surface area contributed by atoms with Gasteiger partial charge in [-0.15, -0.1) is 0 Å². The van der Waals surface area contributed by atoms with Crippen molar-refractivity contribution in [2.45, 2.75) is 46.1 Å². The van der Waals surface area contributed by atoms with E-state index in [1.807, 2.05) is 0 Å². The largest absolute Gasteiger partial charge is 0.378 e. The van der Waals surface area contributed by atoms with Gasteiger partial charge in [-0.2, -0.15) is 0 Å². The SMILES string of the molecule is CC(C)CNCC(C)COC1CCC1. The van der Waals surface area contributed by atoms with Crippen LogP contribution in [0.15, 0.2) is 0 Å². The van der Waals surface area contributed by atoms with Crippen molar-refractivity contribution in [2.24, 2.45) is 11.8 Å². The molecule has 2 nitrogen and oxygen atoms in total. The van der Waals surface area contributed by atoms with Crippen LogP contribution in [0.3, 0.4) is 0 Å². The van der Waals surface area contributed by atoms with Crippen molar-refractivity contribution in [1.29, 1.82) is 0 Å². The predicted molar refractivity (Wildman–Crippen MR) is 60.5 cm³/mol. The Hall–Kier alpha value is -0.0800. The van der Waals surface area contributed by atoms with Crippen LogP contribution in [0.4, 0.5) is 0 Å². The second kappa shape index (κ2) is 6.41. The van der Waals surface area contributed by atoms with E-state index in [1.54, 1.807) is 0 Å². The van der Waals surface area contributed by atoms with Crippen molar-refractivity contribution in [2.75, 3.05) is 19.7 Å². The van der Waals surface area contributed by atoms with E-state index in [-0.39, 0.29) is 0 Å². The molecule has 1 rings (SSSR count). The predicted octanol–water partition coefficient (Wildman–Crippen LogP) is 2.44. The van der Waals surface area contributed by atoms with Gasteiger partial charge in [0.2, 0.25) is 0 Å². The first-order valence-corrected chi connectivity index (χ1v) is 6.00. The van der Waals surface area contributed by atoms with E-state index in [2.05, 4.69) is 26.1 Å². The van der Waals surface area contributed by atoms with Gasteiger partial charge in [-0.3, -0.25) is 0 Å². The smallest absolute Gasteiger partial charge is 0.0575 e. The minimum absolute atomic E-state index is 0.586. The lowest BCUT2D eigenvalue weighted by molar-refractivity contribution is -0.0129. The maximum Gasteiger partial charge on any atom is 0.0575 e. The van der Waals surface area contributed by atoms with E-state index in [0.717, 1.165) is 25.6 Å². The Morgan fingerprint density at radius 1 is 1.21 bits per heavy atom. The Morgan fingerprint density at radius 3 is 2.43 bits per heavy atom. The fourth-order valence-corrected chi connectivity index (χ4v) is 1.52. The molecule has 0 spiro atoms. The molecular formula is C12H25NO. The van der Waals surface area contributed by atoms with Gasteiger partial charge in [-0.25, -0.2) is 0 Å². The normalized spacial score (nSPS) is 19.7. The van der Waals surface area contributed by atoms with Crippen molar-refractivity contribution < 1.29 is 4.74 Å². The first-order chi connectivity index (χ1) is 6.68. The second-order valence-corrected chi connectivity index (χ2v) is 5.04. The molecule has 2 heteroatoms. The van der Waals surface area contributed by atoms with Crippen LogP contribution >= 0.6 is 0 Å². The molecule has 1 saturated carbocycles. The number of hydrogen-bond donors (Lipinski definition) is 1. The molecule has 1 aliphatic rings. The molecule has 1 fully saturated rings. The lowest BCUT2D eigenvalue weighted by Crippen LogP contribution is -2.30. The molecule has 0 amide bonds. The van der Waals surface area contributed by atoms with Crippen LogP contribution in [0, 0.1) is 11.8 Å². The maximum atomic E-state index is 5.76. The van der Waals surface area contributed by atoms with Crippen molar-refractivity contribution >= 4 is 0 Å². The van der Waals surface area contributed by atoms with Crippen molar-refractivity contribution in [3.05, 3.63) is 0 Å². The standard InChI is InChI=1S/C12H25NO/c1-10(2)7-13-8-11(3)9-14-12-5-4-6-12/h10-13H,4-9H2,1-3H3. The summed E-state index contributed by atoms with van der Waals surface area (Å²) in [5.41, 5.74) is 0. The van der Waals surface area contributed by atoms with Gasteiger partial charge in [0.05, 0.1) is 12.7 Å². The zero-order valence-electron chi connectivity index (χ0n) is 9.88. The van der Waals surface area contributed by atoms with E-state index in [4.69, 9.17) is 4.74 Å². The number of nitrogens with one attached hydrogen (secondary N) is 1. The highest BCUT2D eigenvalue weighted by atomic mass is 16.5. The lowest BCUT2D eigenvalue weighted by Gasteiger charge is -2.27. The van der Waals surface area contributed by atoms with Crippen LogP contribution in [0.1, 0.15) is 40.0 Å². The first-order valence-electron chi connectivity index (χ1n) is 6.00. The summed E-state index contributed by atoms with van der Waals surface area (Å²) in [7, 11) is 0. The van der Waals surface area contributed by atoms with Gasteiger partial charge in [0.15, 0.2) is 0 Å². The molecule has 1 atom stereocenters. The molecule has 0 saturated heterocycles. The quantitative estimate of drug-likeness (QED) is 0.680. The molecule has 0 aromatic rings. The van der Waals surface area contributed by atoms with Gasteiger partial charge in [0.25, 0.3) is 0 Å². The highest BCUT2D eigenvalue weighted by Gasteiger charge is 2.18. The molecule has 0 bridgehead atoms. The Bertz CT molecular complexity index is 143. The first kappa shape index (κ1) is 12.0. The lowest BCUT2D eigenvalue weighted by atomic mass is 9.96. The van der Waals surface area contributed by atoms with Gasteiger partial charge in [-0.1, -0.05) is 20.8 Å². The third-order valence-electron chi connectivity index (χ3n) is 2.71. The third-order valence-corrected chi connectivity index (χ3v) is 2.71. The van der Waals surface area contributed by atoms with Crippen LogP contribution < -0.4 is 5.32 Å². The van der Waals surface area contributed by atoms with Crippen molar-refractivity contribution in [1.82, 2.24) is 5.32 Å². The summed E-state index contributed by atoms with van der Waals surface area (Å²) in [6.07, 6.45) is 4.52. The average Bonchev–Trinajstić information content (AvgIpc) is 2.00. The maximum absolute atomic E-state index is 5.76. The van der Waals surface area contributed by atoms with Crippen LogP contribution in [0.5, 0.6) is 0 Å². The molecule has 14 heavy (non-hydrogen) atoms. The Kier molecular flexibility index (Phi) is 5.49. The summed E-state index contributed by atoms with van der Waals surface area (Å²) in [4.78, 5) is 0. The second-order valence-electron chi connectivity index (χ2n) is 5.04. The van der Waals surface area contributed by atoms with Crippen molar-refractivity contribution in [3.8, 4) is 0 Å². The molecule has 0 aromatic carbocycles. The van der Waals surface area contributed by atoms with Crippen LogP contribution in [0.2, 0.25) is 0 Å². The van der Waals surface area contributed by atoms with Gasteiger partial charge >= 0.3 is 0 Å². The minimum atomic E-state index is 0.586. The van der Waals surface area contributed by atoms with Crippen LogP contribution in [0.25, 0.3) is 0 Å². The molecule has 1 aliphatic carbocycles. The molecule has 0 aliphatic heterocycles. The summed E-state index contributed by atoms with van der Waals surface area (Å²) in [6.45, 7) is 9.87. The van der Waals surface area contributed by atoms with Crippen LogP contribution in [-0.2, 0) is 4.74 Å². The molecule has 1 unspecified atom stereocenters. The zero-order chi connectivity index (χ0) is 10.4. The molecule has 0 heterocycles. The summed E-state index contributed by atoms with van der Waals surface area (Å²) in [5.74, 6) is 1.39. The Morgan fingerprint density at radius 2 is 1.93 bits per heavy atom. The Labute approximate surface area is 88.4 Å². The highest BCUT2D eigenvalue weighted by molar-refractivity contribution is 4.70. The minimum Gasteiger partial charge on any atom is -0.378 e. The van der Waals surface area contributed by atoms with Crippen LogP contribution in [-0.4, -0.2) is 25.8 Å². The van der Waals surface area contributed by atoms with Gasteiger partial charge < -0.3 is 10.1 Å². The van der Waals surface area contributed by atoms with Crippen molar-refractivity contribution in [3.63, 3.8) is 0 Å². The third kappa shape index (κ3) is 4.97. The number of ether oxygens (including phenoxy) is 1. The molecular weight excluding hydrogens is 174 g/mol. The van der Waals surface area contributed by atoms with E-state index >= 15 is 0 Å². The van der Waals surface area contributed by atoms with Gasteiger partial charge in [-0.05, 0) is 44.2 Å². The fraction of sp³-hybridized carbons (Fsp3) is 1.00. The summed E-state index contributed by atoms with van der Waals surface area (Å²) in [6, 6.07) is 0. The monoisotopic (exact) mass is 199 g/mol. The van der Waals surface area contributed by atoms with E-state index in [0.29, 0.717) is 12.0 Å². The topological polar surface area (TPSA) is 21.3 Å². The van der Waals surface area contributed by atoms with E-state index in [9.17, 15) is 0 Å². The molecule has 0 radical (unpaired) electrons. The number of rotatable bonds is 7. The molecule has 1 N–H and O–H groups in total. The highest BCUT2D eigenvalue weighted by Crippen LogP contribution is 2.22. The summed E-state index contributed by atoms with van der Waals surface area (Å²) < 4.78 is 5.76. The molecule has 0 aromatic heterocycles.